The average molecular weight is 273 g/mol. The quantitative estimate of drug-likeness (QED) is 0.810. The Bertz CT molecular complexity index is 328. The Morgan fingerprint density at radius 3 is 2.64 bits per heavy atom. The molecule has 0 saturated heterocycles. The van der Waals surface area contributed by atoms with Crippen LogP contribution in [0, 0.1) is 0 Å². The highest BCUT2D eigenvalue weighted by Gasteiger charge is 2.08. The number of thiocarbonyl (C=S) groups is 1. The minimum absolute atomic E-state index is 0.200. The molecular formula is C10H13BrN2S. The predicted molar refractivity (Wildman–Crippen MR) is 67.4 cm³/mol. The number of hydrogen-bond donors (Lipinski definition) is 2. The van der Waals surface area contributed by atoms with E-state index in [1.165, 1.54) is 5.56 Å². The van der Waals surface area contributed by atoms with Gasteiger partial charge in [0.15, 0.2) is 5.11 Å². The van der Waals surface area contributed by atoms with E-state index < -0.39 is 0 Å². The summed E-state index contributed by atoms with van der Waals surface area (Å²) in [6.07, 6.45) is 0. The first-order valence-corrected chi connectivity index (χ1v) is 5.58. The fourth-order valence-corrected chi connectivity index (χ4v) is 1.98. The highest BCUT2D eigenvalue weighted by molar-refractivity contribution is 9.10. The van der Waals surface area contributed by atoms with Gasteiger partial charge in [0.2, 0.25) is 0 Å². The Morgan fingerprint density at radius 1 is 1.43 bits per heavy atom. The van der Waals surface area contributed by atoms with Gasteiger partial charge in [0, 0.05) is 11.5 Å². The summed E-state index contributed by atoms with van der Waals surface area (Å²) in [5, 5.41) is 6.73. The van der Waals surface area contributed by atoms with Crippen molar-refractivity contribution in [2.75, 3.05) is 7.05 Å². The highest BCUT2D eigenvalue weighted by atomic mass is 79.9. The zero-order chi connectivity index (χ0) is 10.6. The lowest BCUT2D eigenvalue weighted by molar-refractivity contribution is 0.706. The first-order valence-electron chi connectivity index (χ1n) is 4.38. The molecule has 0 bridgehead atoms. The molecule has 2 nitrogen and oxygen atoms in total. The van der Waals surface area contributed by atoms with Crippen molar-refractivity contribution in [1.82, 2.24) is 10.6 Å². The molecule has 0 aliphatic rings. The summed E-state index contributed by atoms with van der Waals surface area (Å²) >= 11 is 8.54. The van der Waals surface area contributed by atoms with E-state index in [-0.39, 0.29) is 6.04 Å². The molecule has 0 spiro atoms. The lowest BCUT2D eigenvalue weighted by Crippen LogP contribution is -2.34. The Hall–Kier alpha value is -0.610. The normalized spacial score (nSPS) is 11.9. The predicted octanol–water partition coefficient (Wildman–Crippen LogP) is 2.60. The first kappa shape index (κ1) is 11.5. The van der Waals surface area contributed by atoms with Gasteiger partial charge < -0.3 is 10.6 Å². The second-order valence-corrected chi connectivity index (χ2v) is 4.23. The summed E-state index contributed by atoms with van der Waals surface area (Å²) in [5.41, 5.74) is 1.20. The molecule has 0 unspecified atom stereocenters. The van der Waals surface area contributed by atoms with Gasteiger partial charge >= 0.3 is 0 Å². The molecule has 0 radical (unpaired) electrons. The van der Waals surface area contributed by atoms with E-state index in [0.717, 1.165) is 4.47 Å². The molecule has 0 aromatic heterocycles. The third kappa shape index (κ3) is 2.96. The monoisotopic (exact) mass is 272 g/mol. The summed E-state index contributed by atoms with van der Waals surface area (Å²) in [7, 11) is 1.81. The largest absolute Gasteiger partial charge is 0.366 e. The van der Waals surface area contributed by atoms with Crippen LogP contribution in [-0.4, -0.2) is 12.2 Å². The van der Waals surface area contributed by atoms with Crippen LogP contribution in [0.4, 0.5) is 0 Å². The van der Waals surface area contributed by atoms with Crippen molar-refractivity contribution in [2.24, 2.45) is 0 Å². The van der Waals surface area contributed by atoms with E-state index in [4.69, 9.17) is 12.2 Å². The number of halogens is 1. The standard InChI is InChI=1S/C10H13BrN2S/c1-7(13-10(14)12-2)8-5-3-4-6-9(8)11/h3-7H,1-2H3,(H2,12,13,14)/t7-/m0/s1. The van der Waals surface area contributed by atoms with Crippen molar-refractivity contribution in [1.29, 1.82) is 0 Å². The summed E-state index contributed by atoms with van der Waals surface area (Å²) in [6, 6.07) is 8.30. The van der Waals surface area contributed by atoms with Crippen LogP contribution >= 0.6 is 28.1 Å². The summed E-state index contributed by atoms with van der Waals surface area (Å²) < 4.78 is 1.10. The maximum atomic E-state index is 5.04. The molecule has 0 saturated carbocycles. The second kappa shape index (κ2) is 5.32. The molecule has 4 heteroatoms. The van der Waals surface area contributed by atoms with Gasteiger partial charge in [0.05, 0.1) is 6.04 Å². The number of benzene rings is 1. The van der Waals surface area contributed by atoms with Crippen LogP contribution in [0.2, 0.25) is 0 Å². The van der Waals surface area contributed by atoms with Crippen molar-refractivity contribution in [3.63, 3.8) is 0 Å². The lowest BCUT2D eigenvalue weighted by Gasteiger charge is -2.17. The second-order valence-electron chi connectivity index (χ2n) is 2.97. The third-order valence-electron chi connectivity index (χ3n) is 1.95. The molecule has 0 fully saturated rings. The van der Waals surface area contributed by atoms with Gasteiger partial charge in [-0.25, -0.2) is 0 Å². The van der Waals surface area contributed by atoms with Gasteiger partial charge in [-0.15, -0.1) is 0 Å². The van der Waals surface area contributed by atoms with Gasteiger partial charge in [0.25, 0.3) is 0 Å². The average Bonchev–Trinajstić information content (AvgIpc) is 2.18. The zero-order valence-corrected chi connectivity index (χ0v) is 10.6. The minimum Gasteiger partial charge on any atom is -0.366 e. The van der Waals surface area contributed by atoms with Gasteiger partial charge in [-0.1, -0.05) is 34.1 Å². The van der Waals surface area contributed by atoms with Crippen molar-refractivity contribution < 1.29 is 0 Å². The molecule has 0 aliphatic carbocycles. The molecular weight excluding hydrogens is 260 g/mol. The van der Waals surface area contributed by atoms with Crippen LogP contribution in [0.5, 0.6) is 0 Å². The smallest absolute Gasteiger partial charge is 0.166 e. The molecule has 0 aliphatic heterocycles. The molecule has 1 rings (SSSR count). The maximum Gasteiger partial charge on any atom is 0.166 e. The Balaban J connectivity index is 2.74. The van der Waals surface area contributed by atoms with Crippen molar-refractivity contribution in [2.45, 2.75) is 13.0 Å². The van der Waals surface area contributed by atoms with Crippen LogP contribution in [0.25, 0.3) is 0 Å². The summed E-state index contributed by atoms with van der Waals surface area (Å²) in [4.78, 5) is 0. The third-order valence-corrected chi connectivity index (χ3v) is 2.99. The topological polar surface area (TPSA) is 24.1 Å². The Labute approximate surface area is 98.2 Å². The minimum atomic E-state index is 0.200. The van der Waals surface area contributed by atoms with Gasteiger partial charge in [-0.2, -0.15) is 0 Å². The SMILES string of the molecule is CNC(=S)N[C@@H](C)c1ccccc1Br. The number of nitrogens with one attached hydrogen (secondary N) is 2. The van der Waals surface area contributed by atoms with E-state index in [1.54, 1.807) is 0 Å². The lowest BCUT2D eigenvalue weighted by atomic mass is 10.1. The van der Waals surface area contributed by atoms with Crippen LogP contribution in [-0.2, 0) is 0 Å². The highest BCUT2D eigenvalue weighted by Crippen LogP contribution is 2.22. The fourth-order valence-electron chi connectivity index (χ4n) is 1.17. The molecule has 2 N–H and O–H groups in total. The van der Waals surface area contributed by atoms with Crippen LogP contribution in [0.15, 0.2) is 28.7 Å². The molecule has 1 aromatic carbocycles. The molecule has 1 atom stereocenters. The number of rotatable bonds is 2. The van der Waals surface area contributed by atoms with Gasteiger partial charge in [0.1, 0.15) is 0 Å². The molecule has 0 amide bonds. The molecule has 76 valence electrons. The van der Waals surface area contributed by atoms with E-state index in [2.05, 4.69) is 39.6 Å². The van der Waals surface area contributed by atoms with E-state index in [0.29, 0.717) is 5.11 Å². The zero-order valence-electron chi connectivity index (χ0n) is 8.17. The summed E-state index contributed by atoms with van der Waals surface area (Å²) in [5.74, 6) is 0. The maximum absolute atomic E-state index is 5.04. The molecule has 1 aromatic rings. The number of hydrogen-bond acceptors (Lipinski definition) is 1. The Kier molecular flexibility index (Phi) is 4.35. The first-order chi connectivity index (χ1) is 6.65. The van der Waals surface area contributed by atoms with Crippen molar-refractivity contribution in [3.8, 4) is 0 Å². The van der Waals surface area contributed by atoms with Crippen LogP contribution in [0.3, 0.4) is 0 Å². The summed E-state index contributed by atoms with van der Waals surface area (Å²) in [6.45, 7) is 2.07. The van der Waals surface area contributed by atoms with Crippen LogP contribution in [0.1, 0.15) is 18.5 Å². The van der Waals surface area contributed by atoms with Crippen molar-refractivity contribution in [3.05, 3.63) is 34.3 Å². The van der Waals surface area contributed by atoms with E-state index >= 15 is 0 Å². The van der Waals surface area contributed by atoms with E-state index in [9.17, 15) is 0 Å². The van der Waals surface area contributed by atoms with Gasteiger partial charge in [-0.05, 0) is 30.8 Å². The van der Waals surface area contributed by atoms with Gasteiger partial charge in [-0.3, -0.25) is 0 Å². The van der Waals surface area contributed by atoms with E-state index in [1.807, 2.05) is 25.2 Å². The Morgan fingerprint density at radius 2 is 2.07 bits per heavy atom. The van der Waals surface area contributed by atoms with Crippen molar-refractivity contribution >= 4 is 33.3 Å². The fraction of sp³-hybridized carbons (Fsp3) is 0.300. The molecule has 0 heterocycles. The molecule has 14 heavy (non-hydrogen) atoms. The van der Waals surface area contributed by atoms with Crippen LogP contribution < -0.4 is 10.6 Å².